The highest BCUT2D eigenvalue weighted by atomic mass is 32.1. The summed E-state index contributed by atoms with van der Waals surface area (Å²) < 4.78 is 0. The molecule has 2 heterocycles. The molecule has 1 N–H and O–H groups in total. The predicted molar refractivity (Wildman–Crippen MR) is 112 cm³/mol. The molecule has 0 radical (unpaired) electrons. The van der Waals surface area contributed by atoms with Crippen LogP contribution in [0.4, 0.5) is 0 Å². The van der Waals surface area contributed by atoms with E-state index in [9.17, 15) is 9.59 Å². The van der Waals surface area contributed by atoms with Gasteiger partial charge in [-0.05, 0) is 49.1 Å². The minimum atomic E-state index is -0.846. The highest BCUT2D eigenvalue weighted by Crippen LogP contribution is 2.27. The van der Waals surface area contributed by atoms with Gasteiger partial charge in [0, 0.05) is 15.8 Å². The number of rotatable bonds is 8. The van der Waals surface area contributed by atoms with Crippen LogP contribution in [0, 0.1) is 0 Å². The van der Waals surface area contributed by atoms with E-state index in [1.54, 1.807) is 27.6 Å². The van der Waals surface area contributed by atoms with E-state index in [1.165, 1.54) is 12.8 Å². The smallest absolute Gasteiger partial charge is 0.245 e. The van der Waals surface area contributed by atoms with Crippen molar-refractivity contribution in [2.75, 3.05) is 0 Å². The Bertz CT molecular complexity index is 736. The van der Waals surface area contributed by atoms with Gasteiger partial charge < -0.3 is 10.2 Å². The standard InChI is InChI=1S/C21H28N2O2S2/c1-3-21(2,20(25)22-16-8-4-5-9-16)23(15-18-11-7-13-27-18)19(24)14-17-10-6-12-26-17/h6-7,10-13,16H,3-5,8-9,14-15H2,1-2H3,(H,22,25)/t21-/m1/s1. The average Bonchev–Trinajstić information content (AvgIpc) is 3.42. The van der Waals surface area contributed by atoms with Crippen molar-refractivity contribution in [1.82, 2.24) is 10.2 Å². The molecule has 0 saturated heterocycles. The van der Waals surface area contributed by atoms with Gasteiger partial charge in [-0.25, -0.2) is 0 Å². The number of carbonyl (C=O) groups excluding carboxylic acids is 2. The summed E-state index contributed by atoms with van der Waals surface area (Å²) in [6, 6.07) is 8.21. The molecule has 27 heavy (non-hydrogen) atoms. The first-order chi connectivity index (χ1) is 13.0. The first kappa shape index (κ1) is 20.1. The van der Waals surface area contributed by atoms with Crippen LogP contribution in [0.5, 0.6) is 0 Å². The summed E-state index contributed by atoms with van der Waals surface area (Å²) in [5.74, 6) is -0.00948. The lowest BCUT2D eigenvalue weighted by atomic mass is 9.93. The van der Waals surface area contributed by atoms with Crippen LogP contribution in [-0.4, -0.2) is 28.3 Å². The quantitative estimate of drug-likeness (QED) is 0.698. The zero-order valence-corrected chi connectivity index (χ0v) is 17.7. The van der Waals surface area contributed by atoms with Crippen molar-refractivity contribution in [2.45, 2.75) is 70.5 Å². The first-order valence-corrected chi connectivity index (χ1v) is 11.4. The molecule has 1 aliphatic carbocycles. The lowest BCUT2D eigenvalue weighted by molar-refractivity contribution is -0.148. The van der Waals surface area contributed by atoms with Gasteiger partial charge in [0.2, 0.25) is 11.8 Å². The largest absolute Gasteiger partial charge is 0.351 e. The Morgan fingerprint density at radius 1 is 1.15 bits per heavy atom. The molecular weight excluding hydrogens is 376 g/mol. The molecule has 6 heteroatoms. The minimum Gasteiger partial charge on any atom is -0.351 e. The SMILES string of the molecule is CC[C@](C)(C(=O)NC1CCCC1)N(Cc1cccs1)C(=O)Cc1cccs1. The molecule has 0 unspecified atom stereocenters. The Labute approximate surface area is 169 Å². The van der Waals surface area contributed by atoms with E-state index in [2.05, 4.69) is 5.32 Å². The summed E-state index contributed by atoms with van der Waals surface area (Å²) in [5, 5.41) is 7.21. The molecule has 146 valence electrons. The number of nitrogens with one attached hydrogen (secondary N) is 1. The monoisotopic (exact) mass is 404 g/mol. The lowest BCUT2D eigenvalue weighted by Crippen LogP contribution is -2.59. The first-order valence-electron chi connectivity index (χ1n) is 9.69. The van der Waals surface area contributed by atoms with Gasteiger partial charge in [-0.1, -0.05) is 31.9 Å². The van der Waals surface area contributed by atoms with Crippen molar-refractivity contribution in [2.24, 2.45) is 0 Å². The van der Waals surface area contributed by atoms with Crippen molar-refractivity contribution in [1.29, 1.82) is 0 Å². The van der Waals surface area contributed by atoms with Gasteiger partial charge in [-0.3, -0.25) is 9.59 Å². The summed E-state index contributed by atoms with van der Waals surface area (Å²) in [4.78, 5) is 30.4. The fourth-order valence-corrected chi connectivity index (χ4v) is 5.03. The Hall–Kier alpha value is -1.66. The predicted octanol–water partition coefficient (Wildman–Crippen LogP) is 4.61. The van der Waals surface area contributed by atoms with Crippen LogP contribution >= 0.6 is 22.7 Å². The van der Waals surface area contributed by atoms with E-state index >= 15 is 0 Å². The number of nitrogens with zero attached hydrogens (tertiary/aromatic N) is 1. The molecule has 0 bridgehead atoms. The fraction of sp³-hybridized carbons (Fsp3) is 0.524. The zero-order valence-electron chi connectivity index (χ0n) is 16.1. The molecule has 1 aliphatic rings. The van der Waals surface area contributed by atoms with Crippen LogP contribution in [0.3, 0.4) is 0 Å². The topological polar surface area (TPSA) is 49.4 Å². The number of thiophene rings is 2. The van der Waals surface area contributed by atoms with Gasteiger partial charge in [-0.2, -0.15) is 0 Å². The second-order valence-electron chi connectivity index (χ2n) is 7.40. The maximum absolute atomic E-state index is 13.2. The molecule has 0 aliphatic heterocycles. The van der Waals surface area contributed by atoms with Gasteiger partial charge in [0.05, 0.1) is 13.0 Å². The Kier molecular flexibility index (Phi) is 6.71. The molecule has 3 rings (SSSR count). The van der Waals surface area contributed by atoms with Crippen LogP contribution < -0.4 is 5.32 Å². The summed E-state index contributed by atoms with van der Waals surface area (Å²) in [6.45, 7) is 4.38. The minimum absolute atomic E-state index is 0.0109. The second kappa shape index (κ2) is 9.02. The van der Waals surface area contributed by atoms with E-state index in [0.29, 0.717) is 19.4 Å². The maximum atomic E-state index is 13.2. The number of hydrogen-bond donors (Lipinski definition) is 1. The normalized spacial score (nSPS) is 16.8. The molecule has 1 fully saturated rings. The van der Waals surface area contributed by atoms with Crippen molar-refractivity contribution < 1.29 is 9.59 Å². The van der Waals surface area contributed by atoms with Crippen molar-refractivity contribution in [3.63, 3.8) is 0 Å². The van der Waals surface area contributed by atoms with Gasteiger partial charge >= 0.3 is 0 Å². The van der Waals surface area contributed by atoms with E-state index in [-0.39, 0.29) is 17.9 Å². The van der Waals surface area contributed by atoms with E-state index in [0.717, 1.165) is 22.6 Å². The molecule has 1 saturated carbocycles. The van der Waals surface area contributed by atoms with Crippen molar-refractivity contribution >= 4 is 34.5 Å². The van der Waals surface area contributed by atoms with Gasteiger partial charge in [0.25, 0.3) is 0 Å². The van der Waals surface area contributed by atoms with Crippen LogP contribution in [0.1, 0.15) is 55.7 Å². The third-order valence-electron chi connectivity index (χ3n) is 5.56. The van der Waals surface area contributed by atoms with Crippen LogP contribution in [-0.2, 0) is 22.6 Å². The number of carbonyl (C=O) groups is 2. The lowest BCUT2D eigenvalue weighted by Gasteiger charge is -2.40. The van der Waals surface area contributed by atoms with Gasteiger partial charge in [0.15, 0.2) is 0 Å². The molecule has 0 spiro atoms. The summed E-state index contributed by atoms with van der Waals surface area (Å²) in [5.41, 5.74) is -0.846. The third-order valence-corrected chi connectivity index (χ3v) is 7.30. The summed E-state index contributed by atoms with van der Waals surface area (Å²) in [7, 11) is 0. The fourth-order valence-electron chi connectivity index (χ4n) is 3.64. The third kappa shape index (κ3) is 4.79. The Morgan fingerprint density at radius 3 is 2.33 bits per heavy atom. The van der Waals surface area contributed by atoms with Gasteiger partial charge in [-0.15, -0.1) is 22.7 Å². The van der Waals surface area contributed by atoms with Crippen LogP contribution in [0.15, 0.2) is 35.0 Å². The molecule has 2 amide bonds. The number of hydrogen-bond acceptors (Lipinski definition) is 4. The Balaban J connectivity index is 1.82. The van der Waals surface area contributed by atoms with E-state index < -0.39 is 5.54 Å². The molecule has 4 nitrogen and oxygen atoms in total. The highest BCUT2D eigenvalue weighted by molar-refractivity contribution is 7.10. The summed E-state index contributed by atoms with van der Waals surface area (Å²) in [6.07, 6.45) is 5.36. The van der Waals surface area contributed by atoms with Crippen molar-refractivity contribution in [3.8, 4) is 0 Å². The number of amides is 2. The molecule has 1 atom stereocenters. The van der Waals surface area contributed by atoms with Gasteiger partial charge in [0.1, 0.15) is 5.54 Å². The molecule has 2 aromatic heterocycles. The van der Waals surface area contributed by atoms with E-state index in [4.69, 9.17) is 0 Å². The van der Waals surface area contributed by atoms with Crippen molar-refractivity contribution in [3.05, 3.63) is 44.8 Å². The molecular formula is C21H28N2O2S2. The summed E-state index contributed by atoms with van der Waals surface area (Å²) >= 11 is 3.21. The zero-order chi connectivity index (χ0) is 19.3. The van der Waals surface area contributed by atoms with E-state index in [1.807, 2.05) is 48.9 Å². The second-order valence-corrected chi connectivity index (χ2v) is 9.46. The molecule has 0 aromatic carbocycles. The van der Waals surface area contributed by atoms with Crippen LogP contribution in [0.2, 0.25) is 0 Å². The molecule has 2 aromatic rings. The average molecular weight is 405 g/mol. The Morgan fingerprint density at radius 2 is 1.78 bits per heavy atom. The van der Waals surface area contributed by atoms with Crippen LogP contribution in [0.25, 0.3) is 0 Å². The maximum Gasteiger partial charge on any atom is 0.245 e. The highest BCUT2D eigenvalue weighted by Gasteiger charge is 2.41.